The van der Waals surface area contributed by atoms with E-state index >= 15 is 0 Å². The van der Waals surface area contributed by atoms with Crippen LogP contribution in [0.25, 0.3) is 105 Å². The lowest BCUT2D eigenvalue weighted by molar-refractivity contribution is 0.669. The first kappa shape index (κ1) is 32.7. The van der Waals surface area contributed by atoms with Gasteiger partial charge >= 0.3 is 0 Å². The van der Waals surface area contributed by atoms with Crippen molar-refractivity contribution in [1.82, 2.24) is 15.0 Å². The number of para-hydroxylation sites is 1. The molecule has 5 heteroatoms. The fourth-order valence-corrected chi connectivity index (χ4v) is 8.90. The van der Waals surface area contributed by atoms with Crippen LogP contribution in [0.3, 0.4) is 0 Å². The van der Waals surface area contributed by atoms with Crippen molar-refractivity contribution >= 4 is 71.2 Å². The zero-order chi connectivity index (χ0) is 36.9. The normalized spacial score (nSPS) is 12.4. The molecule has 7 aromatic carbocycles. The summed E-state index contributed by atoms with van der Waals surface area (Å²) in [6.07, 6.45) is 4.33. The minimum atomic E-state index is 0.590. The molecule has 4 nitrogen and oxygen atoms in total. The molecule has 0 N–H and O–H groups in total. The van der Waals surface area contributed by atoms with Crippen LogP contribution in [-0.4, -0.2) is 15.0 Å². The summed E-state index contributed by atoms with van der Waals surface area (Å²) in [5.74, 6) is 1.82. The van der Waals surface area contributed by atoms with Crippen molar-refractivity contribution in [2.75, 3.05) is 0 Å². The average Bonchev–Trinajstić information content (AvgIpc) is 3.82. The van der Waals surface area contributed by atoms with E-state index in [9.17, 15) is 0 Å². The Hall–Kier alpha value is -6.95. The smallest absolute Gasteiger partial charge is 0.164 e. The highest BCUT2D eigenvalue weighted by Gasteiger charge is 2.17. The number of rotatable bonds is 6. The molecule has 0 aliphatic heterocycles. The highest BCUT2D eigenvalue weighted by atomic mass is 32.1. The maximum absolute atomic E-state index is 6.24. The van der Waals surface area contributed by atoms with E-state index in [1.54, 1.807) is 0 Å². The van der Waals surface area contributed by atoms with E-state index in [2.05, 4.69) is 129 Å². The number of nitrogens with zero attached hydrogens (tertiary/aromatic N) is 3. The van der Waals surface area contributed by atoms with E-state index in [-0.39, 0.29) is 0 Å². The van der Waals surface area contributed by atoms with Crippen molar-refractivity contribution < 1.29 is 4.42 Å². The zero-order valence-corrected chi connectivity index (χ0v) is 30.8. The predicted octanol–water partition coefficient (Wildman–Crippen LogP) is 12.1. The Labute approximate surface area is 321 Å². The summed E-state index contributed by atoms with van der Waals surface area (Å²) in [6, 6.07) is 54.5. The number of hydrogen-bond acceptors (Lipinski definition) is 5. The van der Waals surface area contributed by atoms with Crippen LogP contribution in [0.5, 0.6) is 0 Å². The third kappa shape index (κ3) is 5.82. The number of aromatic nitrogens is 3. The monoisotopic (exact) mass is 723 g/mol. The minimum Gasteiger partial charge on any atom is -0.456 e. The Morgan fingerprint density at radius 3 is 1.93 bits per heavy atom. The third-order valence-corrected chi connectivity index (χ3v) is 11.5. The van der Waals surface area contributed by atoms with Gasteiger partial charge in [0.2, 0.25) is 0 Å². The number of thiophene rings is 1. The van der Waals surface area contributed by atoms with Crippen molar-refractivity contribution in [3.63, 3.8) is 0 Å². The van der Waals surface area contributed by atoms with Gasteiger partial charge in [0.25, 0.3) is 0 Å². The number of furan rings is 1. The van der Waals surface area contributed by atoms with Crippen LogP contribution in [0.4, 0.5) is 0 Å². The number of allylic oxidation sites excluding steroid dienone is 1. The standard InChI is InChI=1S/C50H33N3OS/c1-3-32-14-7-8-17-34(32)28-31(2)38-21-12-23-42-43-24-13-22-39(47(43)55-46(38)42)35-18-11-19-36(29-35)49-51-48(33-15-5-4-6-16-33)52-50(53-49)37-26-27-41-40-20-9-10-25-44(40)54-45(41)30-37/h3-30H,2H2,1H3/b32-3-,34-28-. The van der Waals surface area contributed by atoms with Gasteiger partial charge in [-0.1, -0.05) is 146 Å². The molecule has 3 aromatic heterocycles. The summed E-state index contributed by atoms with van der Waals surface area (Å²) in [6.45, 7) is 6.61. The lowest BCUT2D eigenvalue weighted by atomic mass is 9.99. The van der Waals surface area contributed by atoms with Crippen LogP contribution in [0.2, 0.25) is 0 Å². The minimum absolute atomic E-state index is 0.590. The molecule has 0 radical (unpaired) electrons. The van der Waals surface area contributed by atoms with Gasteiger partial charge < -0.3 is 4.42 Å². The summed E-state index contributed by atoms with van der Waals surface area (Å²) in [5.41, 5.74) is 8.77. The van der Waals surface area contributed by atoms with Gasteiger partial charge in [-0.05, 0) is 70.0 Å². The Kier molecular flexibility index (Phi) is 8.01. The highest BCUT2D eigenvalue weighted by Crippen LogP contribution is 2.43. The molecule has 0 saturated heterocycles. The van der Waals surface area contributed by atoms with Gasteiger partial charge in [-0.2, -0.15) is 0 Å². The van der Waals surface area contributed by atoms with E-state index < -0.39 is 0 Å². The second-order valence-electron chi connectivity index (χ2n) is 13.6. The van der Waals surface area contributed by atoms with Gasteiger partial charge in [0.1, 0.15) is 11.2 Å². The molecule has 3 heterocycles. The van der Waals surface area contributed by atoms with Gasteiger partial charge in [-0.15, -0.1) is 11.3 Å². The Morgan fingerprint density at radius 1 is 0.509 bits per heavy atom. The second kappa shape index (κ2) is 13.5. The van der Waals surface area contributed by atoms with E-state index in [1.165, 1.54) is 31.0 Å². The molecule has 0 bridgehead atoms. The van der Waals surface area contributed by atoms with Crippen LogP contribution < -0.4 is 10.4 Å². The first-order valence-corrected chi connectivity index (χ1v) is 19.1. The van der Waals surface area contributed by atoms with Crippen LogP contribution in [0, 0.1) is 0 Å². The fraction of sp³-hybridized carbons (Fsp3) is 0.0200. The molecule has 0 fully saturated rings. The summed E-state index contributed by atoms with van der Waals surface area (Å²) in [7, 11) is 0. The lowest BCUT2D eigenvalue weighted by Crippen LogP contribution is -2.23. The van der Waals surface area contributed by atoms with Gasteiger partial charge in [0, 0.05) is 47.6 Å². The summed E-state index contributed by atoms with van der Waals surface area (Å²) < 4.78 is 8.71. The Balaban J connectivity index is 1.09. The Morgan fingerprint density at radius 2 is 1.11 bits per heavy atom. The molecule has 10 rings (SSSR count). The zero-order valence-electron chi connectivity index (χ0n) is 30.0. The number of benzene rings is 7. The van der Waals surface area contributed by atoms with Crippen molar-refractivity contribution in [1.29, 1.82) is 0 Å². The molecule has 55 heavy (non-hydrogen) atoms. The molecule has 0 amide bonds. The third-order valence-electron chi connectivity index (χ3n) is 10.2. The van der Waals surface area contributed by atoms with Crippen LogP contribution in [-0.2, 0) is 0 Å². The molecular formula is C50H33N3OS. The summed E-state index contributed by atoms with van der Waals surface area (Å²) in [5, 5.41) is 6.98. The second-order valence-corrected chi connectivity index (χ2v) is 14.6. The summed E-state index contributed by atoms with van der Waals surface area (Å²) in [4.78, 5) is 15.1. The molecule has 0 aliphatic rings. The largest absolute Gasteiger partial charge is 0.456 e. The molecule has 0 spiro atoms. The predicted molar refractivity (Wildman–Crippen MR) is 231 cm³/mol. The van der Waals surface area contributed by atoms with Crippen molar-refractivity contribution in [3.05, 3.63) is 180 Å². The molecule has 0 saturated carbocycles. The van der Waals surface area contributed by atoms with Gasteiger partial charge in [-0.3, -0.25) is 0 Å². The first-order chi connectivity index (χ1) is 27.1. The lowest BCUT2D eigenvalue weighted by Gasteiger charge is -2.10. The average molecular weight is 724 g/mol. The van der Waals surface area contributed by atoms with Gasteiger partial charge in [0.15, 0.2) is 17.5 Å². The van der Waals surface area contributed by atoms with Crippen molar-refractivity contribution in [2.45, 2.75) is 6.92 Å². The topological polar surface area (TPSA) is 51.8 Å². The van der Waals surface area contributed by atoms with E-state index in [0.717, 1.165) is 60.5 Å². The fourth-order valence-electron chi connectivity index (χ4n) is 7.51. The highest BCUT2D eigenvalue weighted by molar-refractivity contribution is 7.26. The molecule has 0 aliphatic carbocycles. The van der Waals surface area contributed by atoms with Crippen molar-refractivity contribution in [2.24, 2.45) is 0 Å². The molecular weight excluding hydrogens is 691 g/mol. The van der Waals surface area contributed by atoms with Gasteiger partial charge in [-0.25, -0.2) is 15.0 Å². The molecule has 0 atom stereocenters. The Bertz CT molecular complexity index is 3250. The maximum Gasteiger partial charge on any atom is 0.164 e. The van der Waals surface area contributed by atoms with Crippen LogP contribution in [0.1, 0.15) is 12.5 Å². The quantitative estimate of drug-likeness (QED) is 0.171. The molecule has 260 valence electrons. The maximum atomic E-state index is 6.24. The van der Waals surface area contributed by atoms with Crippen LogP contribution in [0.15, 0.2) is 169 Å². The number of hydrogen-bond donors (Lipinski definition) is 0. The van der Waals surface area contributed by atoms with Crippen molar-refractivity contribution in [3.8, 4) is 45.3 Å². The molecule has 10 aromatic rings. The number of fused-ring (bicyclic) bond motifs is 6. The van der Waals surface area contributed by atoms with E-state index in [0.29, 0.717) is 17.5 Å². The summed E-state index contributed by atoms with van der Waals surface area (Å²) >= 11 is 1.82. The van der Waals surface area contributed by atoms with Gasteiger partial charge in [0.05, 0.1) is 0 Å². The SMILES string of the molecule is C=C(/C=c1/cccc/c1=C/C)c1cccc2c1sc1c(-c3cccc(-c4nc(-c5ccccc5)nc(-c5ccc6c(c5)oc5ccccc56)n4)c3)cccc12. The van der Waals surface area contributed by atoms with E-state index in [4.69, 9.17) is 19.4 Å². The first-order valence-electron chi connectivity index (χ1n) is 18.3. The van der Waals surface area contributed by atoms with E-state index in [1.807, 2.05) is 65.9 Å². The molecule has 0 unspecified atom stereocenters. The van der Waals surface area contributed by atoms with Crippen LogP contribution >= 0.6 is 11.3 Å².